The number of carbonyl (C=O) groups is 1. The van der Waals surface area contributed by atoms with Crippen LogP contribution in [-0.2, 0) is 0 Å². The number of amides is 1. The molecule has 26 heavy (non-hydrogen) atoms. The first kappa shape index (κ1) is 21.7. The second kappa shape index (κ2) is 11.3. The molecule has 1 aromatic carbocycles. The number of phenols is 1. The smallest absolute Gasteiger partial charge is 0.257 e. The Morgan fingerprint density at radius 3 is 2.69 bits per heavy atom. The molecule has 0 spiro atoms. The van der Waals surface area contributed by atoms with Gasteiger partial charge in [0.1, 0.15) is 5.52 Å². The highest BCUT2D eigenvalue weighted by atomic mass is 35.5. The third kappa shape index (κ3) is 5.60. The van der Waals surface area contributed by atoms with E-state index >= 15 is 0 Å². The zero-order chi connectivity index (χ0) is 19.5. The maximum Gasteiger partial charge on any atom is 0.257 e. The van der Waals surface area contributed by atoms with E-state index in [-0.39, 0.29) is 17.2 Å². The Labute approximate surface area is 160 Å². The first-order chi connectivity index (χ1) is 12.6. The Morgan fingerprint density at radius 2 is 2.04 bits per heavy atom. The van der Waals surface area contributed by atoms with Crippen molar-refractivity contribution >= 4 is 28.4 Å². The fourth-order valence-corrected chi connectivity index (χ4v) is 2.59. The third-order valence-electron chi connectivity index (χ3n) is 3.63. The van der Waals surface area contributed by atoms with Crippen molar-refractivity contribution in [3.63, 3.8) is 0 Å². The van der Waals surface area contributed by atoms with Crippen LogP contribution >= 0.6 is 11.6 Å². The molecule has 4 nitrogen and oxygen atoms in total. The summed E-state index contributed by atoms with van der Waals surface area (Å²) in [4.78, 5) is 18.4. The van der Waals surface area contributed by atoms with Gasteiger partial charge in [0.25, 0.3) is 5.91 Å². The Kier molecular flexibility index (Phi) is 9.45. The van der Waals surface area contributed by atoms with E-state index in [1.807, 2.05) is 39.0 Å². The van der Waals surface area contributed by atoms with Gasteiger partial charge in [0, 0.05) is 31.1 Å². The maximum absolute atomic E-state index is 12.7. The highest BCUT2D eigenvalue weighted by molar-refractivity contribution is 6.18. The number of alkyl halides is 1. The number of allylic oxidation sites excluding steroid dienone is 2. The monoisotopic (exact) mass is 374 g/mol. The van der Waals surface area contributed by atoms with Crippen LogP contribution < -0.4 is 0 Å². The normalized spacial score (nSPS) is 11.3. The van der Waals surface area contributed by atoms with Crippen molar-refractivity contribution in [2.75, 3.05) is 19.5 Å². The SMILES string of the molecule is CC.CC/C=C(\C=C/CCl)CN(C)C(=O)c1ccc2cccnc2c1O. The summed E-state index contributed by atoms with van der Waals surface area (Å²) in [5.74, 6) is 0.0964. The van der Waals surface area contributed by atoms with Gasteiger partial charge in [0.2, 0.25) is 0 Å². The predicted molar refractivity (Wildman–Crippen MR) is 110 cm³/mol. The van der Waals surface area contributed by atoms with Crippen LogP contribution in [0.2, 0.25) is 0 Å². The van der Waals surface area contributed by atoms with E-state index in [0.29, 0.717) is 17.9 Å². The van der Waals surface area contributed by atoms with E-state index in [2.05, 4.69) is 11.1 Å². The number of likely N-dealkylation sites (N-methyl/N-ethyl adjacent to an activating group) is 1. The van der Waals surface area contributed by atoms with Crippen molar-refractivity contribution in [1.29, 1.82) is 0 Å². The molecule has 0 fully saturated rings. The lowest BCUT2D eigenvalue weighted by Crippen LogP contribution is -2.28. The van der Waals surface area contributed by atoms with E-state index in [4.69, 9.17) is 11.6 Å². The zero-order valence-corrected chi connectivity index (χ0v) is 16.6. The van der Waals surface area contributed by atoms with Gasteiger partial charge in [-0.2, -0.15) is 0 Å². The molecule has 0 atom stereocenters. The number of hydrogen-bond acceptors (Lipinski definition) is 3. The van der Waals surface area contributed by atoms with Crippen LogP contribution in [0.4, 0.5) is 0 Å². The highest BCUT2D eigenvalue weighted by Crippen LogP contribution is 2.27. The van der Waals surface area contributed by atoms with Gasteiger partial charge in [-0.25, -0.2) is 0 Å². The minimum absolute atomic E-state index is 0.0812. The van der Waals surface area contributed by atoms with Crippen LogP contribution in [-0.4, -0.2) is 40.4 Å². The Hall–Kier alpha value is -2.33. The summed E-state index contributed by atoms with van der Waals surface area (Å²) >= 11 is 5.68. The number of fused-ring (bicyclic) bond motifs is 1. The van der Waals surface area contributed by atoms with E-state index < -0.39 is 0 Å². The van der Waals surface area contributed by atoms with Gasteiger partial charge in [-0.1, -0.05) is 51.1 Å². The Bertz CT molecular complexity index is 785. The lowest BCUT2D eigenvalue weighted by molar-refractivity contribution is 0.0805. The number of nitrogens with zero attached hydrogens (tertiary/aromatic N) is 2. The molecule has 0 radical (unpaired) electrons. The van der Waals surface area contributed by atoms with Gasteiger partial charge >= 0.3 is 0 Å². The van der Waals surface area contributed by atoms with E-state index in [1.54, 1.807) is 36.3 Å². The fourth-order valence-electron chi connectivity index (χ4n) is 2.50. The number of phenolic OH excluding ortho intramolecular Hbond substituents is 1. The van der Waals surface area contributed by atoms with E-state index in [9.17, 15) is 9.90 Å². The second-order valence-corrected chi connectivity index (χ2v) is 5.75. The summed E-state index contributed by atoms with van der Waals surface area (Å²) in [6.45, 7) is 6.48. The maximum atomic E-state index is 12.7. The average Bonchev–Trinajstić information content (AvgIpc) is 2.68. The first-order valence-corrected chi connectivity index (χ1v) is 9.35. The molecule has 0 unspecified atom stereocenters. The standard InChI is InChI=1S/C19H21ClN2O2.C2H6/c1-3-6-14(7-4-11-20)13-22(2)19(24)16-10-9-15-8-5-12-21-17(15)18(16)23;1-2/h4-10,12,23H,3,11,13H2,1-2H3;1-2H3/b7-4-,14-6+;. The lowest BCUT2D eigenvalue weighted by Gasteiger charge is -2.19. The summed E-state index contributed by atoms with van der Waals surface area (Å²) in [6.07, 6.45) is 8.28. The summed E-state index contributed by atoms with van der Waals surface area (Å²) in [6, 6.07) is 7.06. The van der Waals surface area contributed by atoms with Crippen LogP contribution in [0.5, 0.6) is 5.75 Å². The van der Waals surface area contributed by atoms with Crippen LogP contribution in [0.25, 0.3) is 10.9 Å². The summed E-state index contributed by atoms with van der Waals surface area (Å²) in [5.41, 5.74) is 1.69. The summed E-state index contributed by atoms with van der Waals surface area (Å²) in [5, 5.41) is 11.2. The van der Waals surface area contributed by atoms with Gasteiger partial charge in [-0.3, -0.25) is 9.78 Å². The second-order valence-electron chi connectivity index (χ2n) is 5.44. The van der Waals surface area contributed by atoms with Crippen molar-refractivity contribution in [1.82, 2.24) is 9.88 Å². The molecule has 0 aliphatic heterocycles. The predicted octanol–water partition coefficient (Wildman–Crippen LogP) is 5.17. The van der Waals surface area contributed by atoms with Gasteiger partial charge in [-0.05, 0) is 24.1 Å². The van der Waals surface area contributed by atoms with Gasteiger partial charge in [0.05, 0.1) is 5.56 Å². The van der Waals surface area contributed by atoms with Crippen molar-refractivity contribution in [2.45, 2.75) is 27.2 Å². The molecule has 0 bridgehead atoms. The molecule has 1 amide bonds. The van der Waals surface area contributed by atoms with Crippen molar-refractivity contribution in [2.24, 2.45) is 0 Å². The minimum atomic E-state index is -0.249. The molecule has 2 rings (SSSR count). The summed E-state index contributed by atoms with van der Waals surface area (Å²) in [7, 11) is 1.71. The third-order valence-corrected chi connectivity index (χ3v) is 3.81. The molecule has 0 saturated carbocycles. The van der Waals surface area contributed by atoms with E-state index in [0.717, 1.165) is 17.4 Å². The van der Waals surface area contributed by atoms with Crippen LogP contribution in [0.1, 0.15) is 37.6 Å². The number of benzene rings is 1. The van der Waals surface area contributed by atoms with Gasteiger partial charge < -0.3 is 10.0 Å². The largest absolute Gasteiger partial charge is 0.505 e. The molecule has 140 valence electrons. The fraction of sp³-hybridized carbons (Fsp3) is 0.333. The van der Waals surface area contributed by atoms with Gasteiger partial charge in [0.15, 0.2) is 5.75 Å². The zero-order valence-electron chi connectivity index (χ0n) is 15.9. The number of aromatic nitrogens is 1. The number of halogens is 1. The van der Waals surface area contributed by atoms with Crippen molar-refractivity contribution < 1.29 is 9.90 Å². The topological polar surface area (TPSA) is 53.4 Å². The molecule has 1 N–H and O–H groups in total. The van der Waals surface area contributed by atoms with Crippen LogP contribution in [0.15, 0.2) is 54.3 Å². The van der Waals surface area contributed by atoms with Crippen molar-refractivity contribution in [3.8, 4) is 5.75 Å². The summed E-state index contributed by atoms with van der Waals surface area (Å²) < 4.78 is 0. The Morgan fingerprint density at radius 1 is 1.31 bits per heavy atom. The first-order valence-electron chi connectivity index (χ1n) is 8.82. The van der Waals surface area contributed by atoms with Crippen LogP contribution in [0.3, 0.4) is 0 Å². The van der Waals surface area contributed by atoms with Crippen LogP contribution in [0, 0.1) is 0 Å². The number of carbonyl (C=O) groups excluding carboxylic acids is 1. The molecule has 5 heteroatoms. The molecular formula is C21H27ClN2O2. The minimum Gasteiger partial charge on any atom is -0.505 e. The highest BCUT2D eigenvalue weighted by Gasteiger charge is 2.18. The molecule has 2 aromatic rings. The molecular weight excluding hydrogens is 348 g/mol. The Balaban J connectivity index is 0.00000163. The van der Waals surface area contributed by atoms with E-state index in [1.165, 1.54) is 0 Å². The lowest BCUT2D eigenvalue weighted by atomic mass is 10.1. The quantitative estimate of drug-likeness (QED) is 0.560. The number of aromatic hydroxyl groups is 1. The van der Waals surface area contributed by atoms with Crippen molar-refractivity contribution in [3.05, 3.63) is 59.8 Å². The number of pyridine rings is 1. The number of rotatable bonds is 6. The molecule has 0 aliphatic carbocycles. The molecule has 1 heterocycles. The van der Waals surface area contributed by atoms with Gasteiger partial charge in [-0.15, -0.1) is 11.6 Å². The molecule has 0 aliphatic rings. The number of hydrogen-bond donors (Lipinski definition) is 1. The average molecular weight is 375 g/mol. The molecule has 1 aromatic heterocycles. The molecule has 0 saturated heterocycles.